The number of ketones is 1. The molecule has 1 unspecified atom stereocenters. The standard InChI is InChI=1S/C14H13I3O3/c1-7(3-4-8(2)14(19)20)13(18)10-5-9(15)6-11(16)12(10)17/h4-7H,3H2,1-2H3,(H,19,20)/b8-4+. The average molecular weight is 610 g/mol. The van der Waals surface area contributed by atoms with E-state index in [-0.39, 0.29) is 17.3 Å². The number of allylic oxidation sites excluding steroid dienone is 1. The quantitative estimate of drug-likeness (QED) is 0.227. The number of carbonyl (C=O) groups is 2. The zero-order chi connectivity index (χ0) is 15.4. The Hall–Kier alpha value is 0.290. The minimum absolute atomic E-state index is 0.0558. The van der Waals surface area contributed by atoms with Crippen LogP contribution < -0.4 is 0 Å². The van der Waals surface area contributed by atoms with Crippen molar-refractivity contribution in [2.75, 3.05) is 0 Å². The normalized spacial score (nSPS) is 13.2. The third-order valence-electron chi connectivity index (χ3n) is 2.82. The fourth-order valence-electron chi connectivity index (χ4n) is 1.55. The SMILES string of the molecule is C/C(=C\CC(C)C(=O)c1cc(I)cc(I)c1I)C(=O)O. The van der Waals surface area contributed by atoms with E-state index >= 15 is 0 Å². The summed E-state index contributed by atoms with van der Waals surface area (Å²) in [5.41, 5.74) is 0.993. The van der Waals surface area contributed by atoms with Crippen molar-refractivity contribution in [1.29, 1.82) is 0 Å². The highest BCUT2D eigenvalue weighted by atomic mass is 127. The van der Waals surface area contributed by atoms with Crippen LogP contribution in [0.15, 0.2) is 23.8 Å². The highest BCUT2D eigenvalue weighted by Gasteiger charge is 2.19. The second-order valence-corrected chi connectivity index (χ2v) is 7.93. The average Bonchev–Trinajstić information content (AvgIpc) is 2.38. The number of hydrogen-bond donors (Lipinski definition) is 1. The number of hydrogen-bond acceptors (Lipinski definition) is 2. The second kappa shape index (κ2) is 8.06. The van der Waals surface area contributed by atoms with Gasteiger partial charge < -0.3 is 5.11 Å². The van der Waals surface area contributed by atoms with E-state index in [9.17, 15) is 9.59 Å². The predicted octanol–water partition coefficient (Wildman–Crippen LogP) is 4.74. The minimum Gasteiger partial charge on any atom is -0.478 e. The van der Waals surface area contributed by atoms with Gasteiger partial charge in [0, 0.05) is 27.8 Å². The van der Waals surface area contributed by atoms with E-state index in [4.69, 9.17) is 5.11 Å². The molecule has 0 fully saturated rings. The summed E-state index contributed by atoms with van der Waals surface area (Å²) in [6.07, 6.45) is 2.05. The molecule has 0 saturated carbocycles. The molecule has 1 aromatic rings. The van der Waals surface area contributed by atoms with Gasteiger partial charge in [-0.3, -0.25) is 4.79 Å². The molecule has 1 atom stereocenters. The molecule has 0 amide bonds. The lowest BCUT2D eigenvalue weighted by molar-refractivity contribution is -0.132. The minimum atomic E-state index is -0.942. The highest BCUT2D eigenvalue weighted by molar-refractivity contribution is 14.1. The van der Waals surface area contributed by atoms with Gasteiger partial charge in [0.15, 0.2) is 5.78 Å². The first-order valence-electron chi connectivity index (χ1n) is 5.82. The molecule has 1 N–H and O–H groups in total. The number of rotatable bonds is 5. The molecular weight excluding hydrogens is 597 g/mol. The Kier molecular flexibility index (Phi) is 7.39. The van der Waals surface area contributed by atoms with E-state index in [2.05, 4.69) is 67.8 Å². The van der Waals surface area contributed by atoms with Gasteiger partial charge in [-0.05, 0) is 93.2 Å². The molecule has 0 radical (unpaired) electrons. The summed E-state index contributed by atoms with van der Waals surface area (Å²) < 4.78 is 3.04. The molecule has 0 spiro atoms. The molecule has 6 heteroatoms. The number of halogens is 3. The van der Waals surface area contributed by atoms with Gasteiger partial charge >= 0.3 is 5.97 Å². The Balaban J connectivity index is 2.96. The van der Waals surface area contributed by atoms with Crippen LogP contribution in [0.5, 0.6) is 0 Å². The highest BCUT2D eigenvalue weighted by Crippen LogP contribution is 2.25. The predicted molar refractivity (Wildman–Crippen MR) is 104 cm³/mol. The second-order valence-electron chi connectivity index (χ2n) is 4.44. The Morgan fingerprint density at radius 1 is 1.30 bits per heavy atom. The van der Waals surface area contributed by atoms with E-state index < -0.39 is 5.97 Å². The zero-order valence-electron chi connectivity index (χ0n) is 10.9. The fourth-order valence-corrected chi connectivity index (χ4v) is 3.97. The molecule has 1 aromatic carbocycles. The van der Waals surface area contributed by atoms with Crippen molar-refractivity contribution in [2.24, 2.45) is 5.92 Å². The molecule has 1 rings (SSSR count). The van der Waals surface area contributed by atoms with Crippen LogP contribution in [0.25, 0.3) is 0 Å². The molecular formula is C14H13I3O3. The number of carbonyl (C=O) groups excluding carboxylic acids is 1. The van der Waals surface area contributed by atoms with E-state index in [0.717, 1.165) is 16.3 Å². The van der Waals surface area contributed by atoms with Gasteiger partial charge in [0.1, 0.15) is 0 Å². The molecule has 0 aliphatic carbocycles. The van der Waals surface area contributed by atoms with Gasteiger partial charge in [-0.1, -0.05) is 13.0 Å². The molecule has 108 valence electrons. The van der Waals surface area contributed by atoms with Crippen LogP contribution >= 0.6 is 67.8 Å². The van der Waals surface area contributed by atoms with E-state index in [0.29, 0.717) is 6.42 Å². The van der Waals surface area contributed by atoms with Crippen LogP contribution in [0.1, 0.15) is 30.6 Å². The van der Waals surface area contributed by atoms with Crippen LogP contribution in [-0.2, 0) is 4.79 Å². The van der Waals surface area contributed by atoms with E-state index in [1.807, 2.05) is 19.1 Å². The Bertz CT molecular complexity index is 579. The number of carboxylic acid groups (broad SMARTS) is 1. The molecule has 0 aliphatic rings. The van der Waals surface area contributed by atoms with Gasteiger partial charge in [0.05, 0.1) is 0 Å². The lowest BCUT2D eigenvalue weighted by Crippen LogP contribution is -2.13. The van der Waals surface area contributed by atoms with Crippen LogP contribution in [0.3, 0.4) is 0 Å². The van der Waals surface area contributed by atoms with E-state index in [1.54, 1.807) is 6.08 Å². The fraction of sp³-hybridized carbons (Fsp3) is 0.286. The van der Waals surface area contributed by atoms with E-state index in [1.165, 1.54) is 6.92 Å². The van der Waals surface area contributed by atoms with Crippen LogP contribution in [0.2, 0.25) is 0 Å². The van der Waals surface area contributed by atoms with Crippen LogP contribution in [0, 0.1) is 16.6 Å². The summed E-state index contributed by atoms with van der Waals surface area (Å²) >= 11 is 6.60. The largest absolute Gasteiger partial charge is 0.478 e. The topological polar surface area (TPSA) is 54.4 Å². The maximum absolute atomic E-state index is 12.5. The summed E-state index contributed by atoms with van der Waals surface area (Å²) in [5.74, 6) is -1.12. The number of Topliss-reactive ketones (excluding diaryl/α,β-unsaturated/α-hetero) is 1. The monoisotopic (exact) mass is 610 g/mol. The van der Waals surface area contributed by atoms with Crippen molar-refractivity contribution in [2.45, 2.75) is 20.3 Å². The first-order valence-corrected chi connectivity index (χ1v) is 9.06. The Morgan fingerprint density at radius 3 is 2.45 bits per heavy atom. The summed E-state index contributed by atoms with van der Waals surface area (Å²) in [7, 11) is 0. The first-order chi connectivity index (χ1) is 9.23. The van der Waals surface area contributed by atoms with Crippen molar-refractivity contribution in [3.8, 4) is 0 Å². The molecule has 0 saturated heterocycles. The first kappa shape index (κ1) is 18.3. The molecule has 3 nitrogen and oxygen atoms in total. The summed E-state index contributed by atoms with van der Waals surface area (Å²) in [4.78, 5) is 23.2. The molecule has 0 aliphatic heterocycles. The molecule has 0 aromatic heterocycles. The van der Waals surface area contributed by atoms with Crippen molar-refractivity contribution in [3.05, 3.63) is 40.1 Å². The molecule has 0 heterocycles. The number of carboxylic acids is 1. The van der Waals surface area contributed by atoms with Crippen molar-refractivity contribution in [1.82, 2.24) is 0 Å². The Labute approximate surface area is 159 Å². The maximum atomic E-state index is 12.5. The van der Waals surface area contributed by atoms with Crippen molar-refractivity contribution >= 4 is 79.5 Å². The van der Waals surface area contributed by atoms with Gasteiger partial charge in [-0.25, -0.2) is 4.79 Å². The summed E-state index contributed by atoms with van der Waals surface area (Å²) in [6.45, 7) is 3.37. The van der Waals surface area contributed by atoms with Crippen LogP contribution in [0.4, 0.5) is 0 Å². The summed E-state index contributed by atoms with van der Waals surface area (Å²) in [5, 5.41) is 8.81. The number of aliphatic carboxylic acids is 1. The lowest BCUT2D eigenvalue weighted by Gasteiger charge is -2.11. The lowest BCUT2D eigenvalue weighted by atomic mass is 9.95. The van der Waals surface area contributed by atoms with Gasteiger partial charge in [-0.15, -0.1) is 0 Å². The third-order valence-corrected chi connectivity index (χ3v) is 6.49. The van der Waals surface area contributed by atoms with Gasteiger partial charge in [-0.2, -0.15) is 0 Å². The third kappa shape index (κ3) is 4.93. The van der Waals surface area contributed by atoms with Crippen molar-refractivity contribution < 1.29 is 14.7 Å². The van der Waals surface area contributed by atoms with Crippen molar-refractivity contribution in [3.63, 3.8) is 0 Å². The molecule has 0 bridgehead atoms. The number of benzene rings is 1. The smallest absolute Gasteiger partial charge is 0.330 e. The molecule has 20 heavy (non-hydrogen) atoms. The van der Waals surface area contributed by atoms with Gasteiger partial charge in [0.2, 0.25) is 0 Å². The maximum Gasteiger partial charge on any atom is 0.330 e. The zero-order valence-corrected chi connectivity index (χ0v) is 17.4. The summed E-state index contributed by atoms with van der Waals surface area (Å²) in [6, 6.07) is 3.91. The van der Waals surface area contributed by atoms with Gasteiger partial charge in [0.25, 0.3) is 0 Å². The Morgan fingerprint density at radius 2 is 1.90 bits per heavy atom. The van der Waals surface area contributed by atoms with Crippen LogP contribution in [-0.4, -0.2) is 16.9 Å².